The molecule has 2 aromatic heterocycles. The Morgan fingerprint density at radius 2 is 1.68 bits per heavy atom. The molecule has 152 valence electrons. The highest BCUT2D eigenvalue weighted by Gasteiger charge is 2.11. The zero-order valence-electron chi connectivity index (χ0n) is 17.4. The van der Waals surface area contributed by atoms with Crippen molar-refractivity contribution in [2.45, 2.75) is 32.3 Å². The van der Waals surface area contributed by atoms with Gasteiger partial charge in [0.2, 0.25) is 0 Å². The van der Waals surface area contributed by atoms with E-state index in [1.807, 2.05) is 30.3 Å². The molecule has 0 atom stereocenters. The van der Waals surface area contributed by atoms with E-state index in [0.717, 1.165) is 48.0 Å². The molecule has 2 heterocycles. The molecule has 0 aliphatic carbocycles. The second-order valence-corrected chi connectivity index (χ2v) is 7.81. The Morgan fingerprint density at radius 1 is 0.871 bits per heavy atom. The van der Waals surface area contributed by atoms with Crippen LogP contribution in [-0.4, -0.2) is 14.5 Å². The van der Waals surface area contributed by atoms with Gasteiger partial charge in [-0.1, -0.05) is 66.4 Å². The largest absolute Gasteiger partial charge is 0.392 e. The molecule has 5 aromatic rings. The molecule has 0 saturated carbocycles. The summed E-state index contributed by atoms with van der Waals surface area (Å²) in [6.45, 7) is 0.0294. The third-order valence-electron chi connectivity index (χ3n) is 5.77. The van der Waals surface area contributed by atoms with Gasteiger partial charge in [-0.3, -0.25) is 4.40 Å². The van der Waals surface area contributed by atoms with Gasteiger partial charge in [-0.2, -0.15) is 0 Å². The van der Waals surface area contributed by atoms with E-state index in [1.165, 1.54) is 22.0 Å². The fourth-order valence-electron chi connectivity index (χ4n) is 4.21. The number of fused-ring (bicyclic) bond motifs is 5. The van der Waals surface area contributed by atoms with Gasteiger partial charge in [-0.25, -0.2) is 4.98 Å². The fourth-order valence-corrected chi connectivity index (χ4v) is 4.21. The van der Waals surface area contributed by atoms with Crippen molar-refractivity contribution in [3.05, 3.63) is 95.7 Å². The molecule has 0 unspecified atom stereocenters. The third kappa shape index (κ3) is 3.79. The summed E-state index contributed by atoms with van der Waals surface area (Å²) in [5, 5.41) is 11.9. The van der Waals surface area contributed by atoms with Crippen LogP contribution in [0.2, 0.25) is 0 Å². The van der Waals surface area contributed by atoms with Crippen molar-refractivity contribution in [2.24, 2.45) is 0 Å². The molecule has 0 fully saturated rings. The molecule has 3 nitrogen and oxygen atoms in total. The minimum Gasteiger partial charge on any atom is -0.392 e. The lowest BCUT2D eigenvalue weighted by Crippen LogP contribution is -1.98. The first-order valence-electron chi connectivity index (χ1n) is 10.8. The molecule has 1 N–H and O–H groups in total. The van der Waals surface area contributed by atoms with Crippen molar-refractivity contribution < 1.29 is 5.11 Å². The number of aryl methyl sites for hydroxylation is 1. The number of aliphatic hydroxyl groups excluding tert-OH is 1. The minimum atomic E-state index is 0.0294. The quantitative estimate of drug-likeness (QED) is 0.293. The van der Waals surface area contributed by atoms with Crippen molar-refractivity contribution in [3.8, 4) is 11.8 Å². The van der Waals surface area contributed by atoms with Crippen molar-refractivity contribution >= 4 is 27.5 Å². The van der Waals surface area contributed by atoms with E-state index in [4.69, 9.17) is 4.98 Å². The van der Waals surface area contributed by atoms with Crippen LogP contribution in [0.15, 0.2) is 78.9 Å². The van der Waals surface area contributed by atoms with Gasteiger partial charge in [0.05, 0.1) is 17.6 Å². The zero-order chi connectivity index (χ0) is 21.0. The number of nitrogens with zero attached hydrogens (tertiary/aromatic N) is 2. The average molecular weight is 405 g/mol. The van der Waals surface area contributed by atoms with Crippen LogP contribution in [0, 0.1) is 11.8 Å². The summed E-state index contributed by atoms with van der Waals surface area (Å²) in [5.74, 6) is 6.49. The van der Waals surface area contributed by atoms with E-state index >= 15 is 0 Å². The smallest absolute Gasteiger partial charge is 0.146 e. The molecule has 0 amide bonds. The van der Waals surface area contributed by atoms with E-state index in [0.29, 0.717) is 0 Å². The highest BCUT2D eigenvalue weighted by Crippen LogP contribution is 2.27. The Labute approximate surface area is 182 Å². The molecule has 0 saturated heterocycles. The van der Waals surface area contributed by atoms with Crippen molar-refractivity contribution in [2.75, 3.05) is 0 Å². The molecule has 0 aliphatic heterocycles. The molecule has 0 radical (unpaired) electrons. The van der Waals surface area contributed by atoms with Crippen LogP contribution in [0.25, 0.3) is 27.5 Å². The van der Waals surface area contributed by atoms with E-state index in [9.17, 15) is 5.11 Å². The maximum atomic E-state index is 9.43. The summed E-state index contributed by atoms with van der Waals surface area (Å²) in [5.41, 5.74) is 6.34. The molecule has 3 aromatic carbocycles. The number of imidazole rings is 1. The molecular weight excluding hydrogens is 380 g/mol. The van der Waals surface area contributed by atoms with Gasteiger partial charge >= 0.3 is 0 Å². The molecule has 0 aliphatic rings. The topological polar surface area (TPSA) is 37.5 Å². The Kier molecular flexibility index (Phi) is 5.39. The second-order valence-electron chi connectivity index (χ2n) is 7.81. The molecule has 0 bridgehead atoms. The Morgan fingerprint density at radius 3 is 2.61 bits per heavy atom. The lowest BCUT2D eigenvalue weighted by molar-refractivity contribution is 0.281. The summed E-state index contributed by atoms with van der Waals surface area (Å²) in [6.07, 6.45) is 3.93. The number of hydrogen-bond acceptors (Lipinski definition) is 2. The molecule has 3 heteroatoms. The fraction of sp³-hybridized carbons (Fsp3) is 0.179. The SMILES string of the molecule is OCc1ccccc1C#CCCCCc1cc2ccccc2c2nc3ccccc3n12. The first-order valence-corrected chi connectivity index (χ1v) is 10.8. The average Bonchev–Trinajstić information content (AvgIpc) is 3.21. The summed E-state index contributed by atoms with van der Waals surface area (Å²) < 4.78 is 2.32. The second kappa shape index (κ2) is 8.63. The van der Waals surface area contributed by atoms with E-state index in [1.54, 1.807) is 0 Å². The molecule has 5 rings (SSSR count). The van der Waals surface area contributed by atoms with Crippen molar-refractivity contribution in [3.63, 3.8) is 0 Å². The molecule has 31 heavy (non-hydrogen) atoms. The first-order chi connectivity index (χ1) is 15.3. The number of hydrogen-bond donors (Lipinski definition) is 1. The van der Waals surface area contributed by atoms with Crippen LogP contribution in [-0.2, 0) is 13.0 Å². The van der Waals surface area contributed by atoms with Crippen molar-refractivity contribution in [1.29, 1.82) is 0 Å². The number of aliphatic hydroxyl groups is 1. The maximum absolute atomic E-state index is 9.43. The predicted octanol–water partition coefficient (Wildman–Crippen LogP) is 5.90. The Bertz CT molecular complexity index is 1440. The van der Waals surface area contributed by atoms with Crippen LogP contribution in [0.4, 0.5) is 0 Å². The van der Waals surface area contributed by atoms with Crippen LogP contribution < -0.4 is 0 Å². The van der Waals surface area contributed by atoms with Gasteiger partial charge < -0.3 is 5.11 Å². The van der Waals surface area contributed by atoms with E-state index in [-0.39, 0.29) is 6.61 Å². The lowest BCUT2D eigenvalue weighted by atomic mass is 10.1. The van der Waals surface area contributed by atoms with Gasteiger partial charge in [0, 0.05) is 23.1 Å². The normalized spacial score (nSPS) is 11.1. The number of rotatable bonds is 5. The van der Waals surface area contributed by atoms with Gasteiger partial charge in [-0.05, 0) is 54.5 Å². The van der Waals surface area contributed by atoms with Gasteiger partial charge in [0.25, 0.3) is 0 Å². The van der Waals surface area contributed by atoms with Crippen molar-refractivity contribution in [1.82, 2.24) is 9.38 Å². The summed E-state index contributed by atoms with van der Waals surface area (Å²) in [4.78, 5) is 4.93. The minimum absolute atomic E-state index is 0.0294. The van der Waals surface area contributed by atoms with Gasteiger partial charge in [0.1, 0.15) is 5.65 Å². The lowest BCUT2D eigenvalue weighted by Gasteiger charge is -2.09. The standard InChI is InChI=1S/C28H24N2O/c31-20-23-14-6-5-12-21(23)11-3-1-2-4-15-24-19-22-13-7-8-16-25(22)28-29-26-17-9-10-18-27(26)30(24)28/h5-10,12-14,16-19,31H,1-2,4,15,20H2. The molecule has 0 spiro atoms. The Hall–Kier alpha value is -3.61. The highest BCUT2D eigenvalue weighted by atomic mass is 16.3. The van der Waals surface area contributed by atoms with Crippen LogP contribution in [0.5, 0.6) is 0 Å². The third-order valence-corrected chi connectivity index (χ3v) is 5.77. The van der Waals surface area contributed by atoms with E-state index in [2.05, 4.69) is 64.8 Å². The predicted molar refractivity (Wildman–Crippen MR) is 127 cm³/mol. The zero-order valence-corrected chi connectivity index (χ0v) is 17.4. The number of aromatic nitrogens is 2. The first kappa shape index (κ1) is 19.4. The molecular formula is C28H24N2O. The van der Waals surface area contributed by atoms with Crippen LogP contribution in [0.1, 0.15) is 36.1 Å². The number of para-hydroxylation sites is 2. The monoisotopic (exact) mass is 404 g/mol. The van der Waals surface area contributed by atoms with Gasteiger partial charge in [-0.15, -0.1) is 0 Å². The summed E-state index contributed by atoms with van der Waals surface area (Å²) in [6, 6.07) is 26.9. The van der Waals surface area contributed by atoms with Crippen LogP contribution >= 0.6 is 0 Å². The van der Waals surface area contributed by atoms with Crippen LogP contribution in [0.3, 0.4) is 0 Å². The summed E-state index contributed by atoms with van der Waals surface area (Å²) in [7, 11) is 0. The number of benzene rings is 3. The highest BCUT2D eigenvalue weighted by molar-refractivity contribution is 5.98. The Balaban J connectivity index is 1.37. The van der Waals surface area contributed by atoms with E-state index < -0.39 is 0 Å². The summed E-state index contributed by atoms with van der Waals surface area (Å²) >= 11 is 0. The number of unbranched alkanes of at least 4 members (excludes halogenated alkanes) is 2. The van der Waals surface area contributed by atoms with Gasteiger partial charge in [0.15, 0.2) is 0 Å². The maximum Gasteiger partial charge on any atom is 0.146 e. The number of pyridine rings is 1.